The summed E-state index contributed by atoms with van der Waals surface area (Å²) in [5, 5.41) is 8.75. The van der Waals surface area contributed by atoms with E-state index in [1.54, 1.807) is 18.2 Å². The fourth-order valence-electron chi connectivity index (χ4n) is 1.80. The van der Waals surface area contributed by atoms with E-state index in [2.05, 4.69) is 4.72 Å². The second-order valence-electron chi connectivity index (χ2n) is 4.97. The van der Waals surface area contributed by atoms with Crippen LogP contribution in [0.25, 0.3) is 0 Å². The van der Waals surface area contributed by atoms with E-state index in [0.717, 1.165) is 11.1 Å². The number of aliphatic carboxylic acids is 1. The van der Waals surface area contributed by atoms with Gasteiger partial charge in [0.15, 0.2) is 0 Å². The Kier molecular flexibility index (Phi) is 5.71. The average molecular weight is 299 g/mol. The molecule has 1 aromatic carbocycles. The Morgan fingerprint density at radius 1 is 1.30 bits per heavy atom. The third kappa shape index (κ3) is 4.61. The molecule has 1 rings (SSSR count). The largest absolute Gasteiger partial charge is 0.481 e. The Labute approximate surface area is 120 Å². The molecule has 0 bridgehead atoms. The van der Waals surface area contributed by atoms with Crippen LogP contribution in [0.5, 0.6) is 0 Å². The number of carboxylic acids is 1. The van der Waals surface area contributed by atoms with Gasteiger partial charge in [0.05, 0.1) is 4.90 Å². The van der Waals surface area contributed by atoms with E-state index in [9.17, 15) is 13.2 Å². The van der Waals surface area contributed by atoms with Crippen LogP contribution in [-0.2, 0) is 14.8 Å². The molecule has 1 aromatic rings. The lowest BCUT2D eigenvalue weighted by molar-refractivity contribution is -0.138. The average Bonchev–Trinajstić information content (AvgIpc) is 2.37. The first kappa shape index (κ1) is 16.7. The first-order chi connectivity index (χ1) is 9.26. The molecule has 0 saturated heterocycles. The van der Waals surface area contributed by atoms with Crippen molar-refractivity contribution in [2.24, 2.45) is 5.92 Å². The van der Waals surface area contributed by atoms with Crippen LogP contribution in [0, 0.1) is 19.8 Å². The summed E-state index contributed by atoms with van der Waals surface area (Å²) in [6, 6.07) is 4.94. The number of sulfonamides is 1. The van der Waals surface area contributed by atoms with Crippen molar-refractivity contribution in [3.63, 3.8) is 0 Å². The van der Waals surface area contributed by atoms with Gasteiger partial charge in [-0.25, -0.2) is 13.1 Å². The van der Waals surface area contributed by atoms with Gasteiger partial charge in [-0.3, -0.25) is 4.79 Å². The van der Waals surface area contributed by atoms with Crippen molar-refractivity contribution < 1.29 is 18.3 Å². The summed E-state index contributed by atoms with van der Waals surface area (Å²) >= 11 is 0. The standard InChI is InChI=1S/C14H21NO4S/c1-4-12(8-14(16)17)9-15-20(18,19)13-6-5-10(2)11(3)7-13/h5-7,12,15H,4,8-9H2,1-3H3,(H,16,17). The molecule has 112 valence electrons. The number of rotatable bonds is 7. The van der Waals surface area contributed by atoms with Gasteiger partial charge in [0.1, 0.15) is 0 Å². The van der Waals surface area contributed by atoms with Gasteiger partial charge in [0, 0.05) is 13.0 Å². The van der Waals surface area contributed by atoms with Gasteiger partial charge < -0.3 is 5.11 Å². The van der Waals surface area contributed by atoms with Crippen LogP contribution in [-0.4, -0.2) is 26.0 Å². The molecule has 0 radical (unpaired) electrons. The number of carboxylic acid groups (broad SMARTS) is 1. The van der Waals surface area contributed by atoms with Crippen LogP contribution in [0.1, 0.15) is 30.9 Å². The van der Waals surface area contributed by atoms with Crippen molar-refractivity contribution in [1.29, 1.82) is 0 Å². The maximum absolute atomic E-state index is 12.1. The van der Waals surface area contributed by atoms with Crippen LogP contribution in [0.3, 0.4) is 0 Å². The summed E-state index contributed by atoms with van der Waals surface area (Å²) in [5.41, 5.74) is 1.94. The van der Waals surface area contributed by atoms with Crippen molar-refractivity contribution in [1.82, 2.24) is 4.72 Å². The lowest BCUT2D eigenvalue weighted by Gasteiger charge is -2.14. The fourth-order valence-corrected chi connectivity index (χ4v) is 3.00. The van der Waals surface area contributed by atoms with Crippen LogP contribution < -0.4 is 4.72 Å². The quantitative estimate of drug-likeness (QED) is 0.807. The smallest absolute Gasteiger partial charge is 0.303 e. The minimum absolute atomic E-state index is 0.0358. The Morgan fingerprint density at radius 3 is 2.45 bits per heavy atom. The Morgan fingerprint density at radius 2 is 1.95 bits per heavy atom. The van der Waals surface area contributed by atoms with Crippen LogP contribution >= 0.6 is 0 Å². The minimum atomic E-state index is -3.58. The molecule has 5 nitrogen and oxygen atoms in total. The highest BCUT2D eigenvalue weighted by molar-refractivity contribution is 7.89. The second kappa shape index (κ2) is 6.85. The zero-order valence-corrected chi connectivity index (χ0v) is 12.8. The maximum atomic E-state index is 12.1. The van der Waals surface area contributed by atoms with Gasteiger partial charge in [-0.1, -0.05) is 19.4 Å². The van der Waals surface area contributed by atoms with Crippen LogP contribution in [0.2, 0.25) is 0 Å². The summed E-state index contributed by atoms with van der Waals surface area (Å²) in [5.74, 6) is -1.11. The molecule has 0 fully saturated rings. The van der Waals surface area contributed by atoms with Gasteiger partial charge in [0.2, 0.25) is 10.0 Å². The number of carbonyl (C=O) groups is 1. The third-order valence-electron chi connectivity index (χ3n) is 3.39. The van der Waals surface area contributed by atoms with E-state index >= 15 is 0 Å². The first-order valence-electron chi connectivity index (χ1n) is 6.55. The number of aryl methyl sites for hydroxylation is 2. The third-order valence-corrected chi connectivity index (χ3v) is 4.81. The Hall–Kier alpha value is -1.40. The molecule has 1 unspecified atom stereocenters. The molecule has 0 aromatic heterocycles. The number of nitrogens with one attached hydrogen (secondary N) is 1. The molecule has 0 aliphatic rings. The van der Waals surface area contributed by atoms with Gasteiger partial charge in [-0.05, 0) is 43.0 Å². The zero-order chi connectivity index (χ0) is 15.3. The van der Waals surface area contributed by atoms with Crippen LogP contribution in [0.15, 0.2) is 23.1 Å². The SMILES string of the molecule is CCC(CNS(=O)(=O)c1ccc(C)c(C)c1)CC(=O)O. The highest BCUT2D eigenvalue weighted by atomic mass is 32.2. The van der Waals surface area contributed by atoms with Gasteiger partial charge in [-0.2, -0.15) is 0 Å². The highest BCUT2D eigenvalue weighted by Crippen LogP contribution is 2.15. The number of hydrogen-bond acceptors (Lipinski definition) is 3. The minimum Gasteiger partial charge on any atom is -0.481 e. The molecule has 0 saturated carbocycles. The molecule has 1 atom stereocenters. The lowest BCUT2D eigenvalue weighted by Crippen LogP contribution is -2.30. The molecule has 20 heavy (non-hydrogen) atoms. The molecule has 0 spiro atoms. The van der Waals surface area contributed by atoms with Crippen molar-refractivity contribution in [2.45, 2.75) is 38.5 Å². The molecule has 0 aliphatic carbocycles. The summed E-state index contributed by atoms with van der Waals surface area (Å²) < 4.78 is 26.8. The molecular formula is C14H21NO4S. The van der Waals surface area contributed by atoms with Crippen molar-refractivity contribution in [3.8, 4) is 0 Å². The van der Waals surface area contributed by atoms with Gasteiger partial charge >= 0.3 is 5.97 Å². The van der Waals surface area contributed by atoms with Crippen molar-refractivity contribution >= 4 is 16.0 Å². The highest BCUT2D eigenvalue weighted by Gasteiger charge is 2.18. The Bertz CT molecular complexity index is 581. The summed E-state index contributed by atoms with van der Waals surface area (Å²) in [6.07, 6.45) is 0.577. The maximum Gasteiger partial charge on any atom is 0.303 e. The van der Waals surface area contributed by atoms with E-state index in [-0.39, 0.29) is 23.8 Å². The fraction of sp³-hybridized carbons (Fsp3) is 0.500. The second-order valence-corrected chi connectivity index (χ2v) is 6.74. The molecular weight excluding hydrogens is 278 g/mol. The molecule has 0 heterocycles. The monoisotopic (exact) mass is 299 g/mol. The number of benzene rings is 1. The Balaban J connectivity index is 2.79. The predicted octanol–water partition coefficient (Wildman–Crippen LogP) is 2.08. The molecule has 2 N–H and O–H groups in total. The summed E-state index contributed by atoms with van der Waals surface area (Å²) in [7, 11) is -3.58. The summed E-state index contributed by atoms with van der Waals surface area (Å²) in [4.78, 5) is 10.9. The van der Waals surface area contributed by atoms with E-state index in [1.165, 1.54) is 0 Å². The van der Waals surface area contributed by atoms with E-state index in [0.29, 0.717) is 6.42 Å². The predicted molar refractivity (Wildman–Crippen MR) is 77.1 cm³/mol. The molecule has 0 aliphatic heterocycles. The van der Waals surface area contributed by atoms with Crippen LogP contribution in [0.4, 0.5) is 0 Å². The molecule has 0 amide bonds. The van der Waals surface area contributed by atoms with Gasteiger partial charge in [0.25, 0.3) is 0 Å². The van der Waals surface area contributed by atoms with Gasteiger partial charge in [-0.15, -0.1) is 0 Å². The topological polar surface area (TPSA) is 83.5 Å². The van der Waals surface area contributed by atoms with Crippen molar-refractivity contribution in [2.75, 3.05) is 6.54 Å². The summed E-state index contributed by atoms with van der Waals surface area (Å²) in [6.45, 7) is 5.75. The molecule has 6 heteroatoms. The van der Waals surface area contributed by atoms with E-state index < -0.39 is 16.0 Å². The number of hydrogen-bond donors (Lipinski definition) is 2. The zero-order valence-electron chi connectivity index (χ0n) is 12.0. The lowest BCUT2D eigenvalue weighted by atomic mass is 10.0. The van der Waals surface area contributed by atoms with E-state index in [1.807, 2.05) is 20.8 Å². The first-order valence-corrected chi connectivity index (χ1v) is 8.03. The van der Waals surface area contributed by atoms with Crippen molar-refractivity contribution in [3.05, 3.63) is 29.3 Å². The van der Waals surface area contributed by atoms with E-state index in [4.69, 9.17) is 5.11 Å². The normalized spacial score (nSPS) is 13.2.